The maximum absolute atomic E-state index is 11.5. The predicted octanol–water partition coefficient (Wildman–Crippen LogP) is 2.36. The highest BCUT2D eigenvalue weighted by Crippen LogP contribution is 2.38. The molecule has 114 valence electrons. The van der Waals surface area contributed by atoms with Crippen LogP contribution in [0.4, 0.5) is 9.80 Å². The highest BCUT2D eigenvalue weighted by Gasteiger charge is 2.20. The summed E-state index contributed by atoms with van der Waals surface area (Å²) in [4.78, 5) is 11.5. The topological polar surface area (TPSA) is 108 Å². The minimum absolute atomic E-state index is 0.300. The molecule has 2 amide bonds. The first-order valence-corrected chi connectivity index (χ1v) is 8.37. The summed E-state index contributed by atoms with van der Waals surface area (Å²) >= 11 is 2.86. The summed E-state index contributed by atoms with van der Waals surface area (Å²) < 4.78 is 4.40. The van der Waals surface area contributed by atoms with Crippen LogP contribution in [-0.4, -0.2) is 43.8 Å². The molecule has 0 saturated heterocycles. The number of rotatable bonds is 7. The Morgan fingerprint density at radius 2 is 2.29 bits per heavy atom. The van der Waals surface area contributed by atoms with Crippen LogP contribution < -0.4 is 10.6 Å². The van der Waals surface area contributed by atoms with Crippen LogP contribution in [0.5, 0.6) is 0 Å². The first kappa shape index (κ1) is 15.7. The van der Waals surface area contributed by atoms with Gasteiger partial charge < -0.3 is 5.32 Å². The number of aromatic nitrogens is 5. The van der Waals surface area contributed by atoms with Gasteiger partial charge in [-0.05, 0) is 28.9 Å². The van der Waals surface area contributed by atoms with E-state index in [9.17, 15) is 4.79 Å². The minimum Gasteiger partial charge on any atom is -0.341 e. The second-order valence-electron chi connectivity index (χ2n) is 4.19. The Kier molecular flexibility index (Phi) is 5.93. The predicted molar refractivity (Wildman–Crippen MR) is 83.6 cm³/mol. The smallest absolute Gasteiger partial charge is 0.319 e. The van der Waals surface area contributed by atoms with Crippen molar-refractivity contribution in [2.45, 2.75) is 31.2 Å². The lowest BCUT2D eigenvalue weighted by Crippen LogP contribution is -2.24. The molecule has 0 saturated carbocycles. The number of H-pyrrole nitrogens is 1. The lowest BCUT2D eigenvalue weighted by Gasteiger charge is -2.03. The molecule has 2 heterocycles. The molecule has 2 aromatic rings. The third-order valence-electron chi connectivity index (χ3n) is 2.67. The molecule has 0 aliphatic carbocycles. The first-order valence-electron chi connectivity index (χ1n) is 6.61. The molecule has 0 aliphatic rings. The number of tetrazole rings is 1. The Hall–Kier alpha value is -1.68. The minimum atomic E-state index is -0.300. The average Bonchev–Trinajstić information content (AvgIpc) is 3.13. The highest BCUT2D eigenvalue weighted by atomic mass is 32.2. The van der Waals surface area contributed by atoms with Gasteiger partial charge in [0, 0.05) is 7.05 Å². The number of thioether (sulfide) groups is 1. The molecule has 8 nitrogen and oxygen atoms in total. The van der Waals surface area contributed by atoms with Crippen LogP contribution >= 0.6 is 23.3 Å². The molecule has 0 fully saturated rings. The van der Waals surface area contributed by atoms with Gasteiger partial charge in [0.25, 0.3) is 0 Å². The fourth-order valence-corrected chi connectivity index (χ4v) is 3.56. The average molecular weight is 327 g/mol. The van der Waals surface area contributed by atoms with Gasteiger partial charge in [-0.3, -0.25) is 5.32 Å². The third kappa shape index (κ3) is 4.14. The second kappa shape index (κ2) is 7.93. The summed E-state index contributed by atoms with van der Waals surface area (Å²) in [5, 5.41) is 20.7. The maximum Gasteiger partial charge on any atom is 0.319 e. The summed E-state index contributed by atoms with van der Waals surface area (Å²) in [6.07, 6.45) is 3.50. The van der Waals surface area contributed by atoms with Crippen molar-refractivity contribution in [2.24, 2.45) is 0 Å². The van der Waals surface area contributed by atoms with E-state index in [0.717, 1.165) is 22.8 Å². The summed E-state index contributed by atoms with van der Waals surface area (Å²) in [6.45, 7) is 2.17. The normalized spacial score (nSPS) is 10.6. The molecule has 21 heavy (non-hydrogen) atoms. The molecule has 0 atom stereocenters. The van der Waals surface area contributed by atoms with Crippen LogP contribution in [0, 0.1) is 0 Å². The van der Waals surface area contributed by atoms with Crippen molar-refractivity contribution < 1.29 is 4.79 Å². The van der Waals surface area contributed by atoms with Gasteiger partial charge in [-0.15, -0.1) is 22.0 Å². The molecular formula is C11H17N7OS2. The number of hydrogen-bond donors (Lipinski definition) is 3. The number of urea groups is 1. The molecule has 0 aromatic carbocycles. The van der Waals surface area contributed by atoms with E-state index in [1.807, 2.05) is 0 Å². The zero-order chi connectivity index (χ0) is 15.1. The molecule has 2 rings (SSSR count). The van der Waals surface area contributed by atoms with Crippen LogP contribution in [0.15, 0.2) is 5.03 Å². The lowest BCUT2D eigenvalue weighted by molar-refractivity contribution is 0.254. The van der Waals surface area contributed by atoms with E-state index in [0.29, 0.717) is 10.8 Å². The Balaban J connectivity index is 2.18. The fourth-order valence-electron chi connectivity index (χ4n) is 1.61. The van der Waals surface area contributed by atoms with Crippen molar-refractivity contribution in [1.29, 1.82) is 0 Å². The number of anilines is 1. The van der Waals surface area contributed by atoms with Crippen molar-refractivity contribution in [3.63, 3.8) is 0 Å². The highest BCUT2D eigenvalue weighted by molar-refractivity contribution is 7.99. The molecule has 0 aliphatic heterocycles. The summed E-state index contributed by atoms with van der Waals surface area (Å²) in [7, 11) is 1.56. The van der Waals surface area contributed by atoms with Crippen LogP contribution in [0.3, 0.4) is 0 Å². The molecule has 0 radical (unpaired) electrons. The quantitative estimate of drug-likeness (QED) is 0.532. The monoisotopic (exact) mass is 327 g/mol. The summed E-state index contributed by atoms with van der Waals surface area (Å²) in [5.74, 6) is 1.41. The molecule has 10 heteroatoms. The zero-order valence-corrected chi connectivity index (χ0v) is 13.5. The maximum atomic E-state index is 11.5. The summed E-state index contributed by atoms with van der Waals surface area (Å²) in [6, 6.07) is -0.300. The van der Waals surface area contributed by atoms with Gasteiger partial charge in [-0.1, -0.05) is 19.8 Å². The number of carbonyl (C=O) groups is 1. The number of nitrogens with one attached hydrogen (secondary N) is 3. The van der Waals surface area contributed by atoms with Gasteiger partial charge in [0.2, 0.25) is 5.82 Å². The van der Waals surface area contributed by atoms with Gasteiger partial charge in [-0.25, -0.2) is 4.79 Å². The molecular weight excluding hydrogens is 310 g/mol. The Morgan fingerprint density at radius 1 is 1.43 bits per heavy atom. The van der Waals surface area contributed by atoms with Crippen molar-refractivity contribution in [2.75, 3.05) is 18.1 Å². The SMILES string of the molecule is CCCCCSc1nsc(NC(=O)NC)c1-c1nn[nH]n1. The standard InChI is InChI=1S/C11H17N7OS2/c1-3-4-5-6-20-10-7(8-14-17-18-15-8)9(21-16-10)13-11(19)12-2/h3-6H2,1-2H3,(H2,12,13,19)(H,14,15,17,18). The number of hydrogen-bond acceptors (Lipinski definition) is 7. The number of amides is 2. The van der Waals surface area contributed by atoms with E-state index in [-0.39, 0.29) is 6.03 Å². The van der Waals surface area contributed by atoms with E-state index >= 15 is 0 Å². The first-order chi connectivity index (χ1) is 10.3. The van der Waals surface area contributed by atoms with Crippen molar-refractivity contribution in [3.8, 4) is 11.4 Å². The van der Waals surface area contributed by atoms with E-state index in [2.05, 4.69) is 42.6 Å². The number of aromatic amines is 1. The van der Waals surface area contributed by atoms with Crippen LogP contribution in [0.2, 0.25) is 0 Å². The van der Waals surface area contributed by atoms with E-state index in [4.69, 9.17) is 0 Å². The fraction of sp³-hybridized carbons (Fsp3) is 0.545. The number of carbonyl (C=O) groups excluding carboxylic acids is 1. The summed E-state index contributed by atoms with van der Waals surface area (Å²) in [5.41, 5.74) is 0.721. The van der Waals surface area contributed by atoms with Gasteiger partial charge in [0.05, 0.1) is 5.56 Å². The molecule has 0 bridgehead atoms. The van der Waals surface area contributed by atoms with Gasteiger partial charge in [-0.2, -0.15) is 9.59 Å². The van der Waals surface area contributed by atoms with E-state index in [1.54, 1.807) is 18.8 Å². The van der Waals surface area contributed by atoms with Crippen molar-refractivity contribution in [1.82, 2.24) is 30.3 Å². The third-order valence-corrected chi connectivity index (χ3v) is 4.61. The molecule has 0 spiro atoms. The lowest BCUT2D eigenvalue weighted by atomic mass is 10.3. The molecule has 0 unspecified atom stereocenters. The number of unbranched alkanes of at least 4 members (excludes halogenated alkanes) is 2. The Bertz CT molecular complexity index is 569. The van der Waals surface area contributed by atoms with E-state index < -0.39 is 0 Å². The molecule has 2 aromatic heterocycles. The Morgan fingerprint density at radius 3 is 2.95 bits per heavy atom. The van der Waals surface area contributed by atoms with Gasteiger partial charge >= 0.3 is 6.03 Å². The van der Waals surface area contributed by atoms with Crippen LogP contribution in [0.1, 0.15) is 26.2 Å². The Labute approximate surface area is 130 Å². The van der Waals surface area contributed by atoms with Gasteiger partial charge in [0.15, 0.2) is 0 Å². The van der Waals surface area contributed by atoms with Crippen molar-refractivity contribution >= 4 is 34.3 Å². The molecule has 3 N–H and O–H groups in total. The van der Waals surface area contributed by atoms with Gasteiger partial charge in [0.1, 0.15) is 10.0 Å². The number of nitrogens with zero attached hydrogens (tertiary/aromatic N) is 4. The zero-order valence-electron chi connectivity index (χ0n) is 11.8. The van der Waals surface area contributed by atoms with E-state index in [1.165, 1.54) is 24.4 Å². The van der Waals surface area contributed by atoms with Crippen molar-refractivity contribution in [3.05, 3.63) is 0 Å². The van der Waals surface area contributed by atoms with Crippen LogP contribution in [-0.2, 0) is 0 Å². The largest absolute Gasteiger partial charge is 0.341 e. The second-order valence-corrected chi connectivity index (χ2v) is 6.04. The van der Waals surface area contributed by atoms with Crippen LogP contribution in [0.25, 0.3) is 11.4 Å².